The van der Waals surface area contributed by atoms with Gasteiger partial charge in [0, 0.05) is 32.7 Å². The predicted octanol–water partition coefficient (Wildman–Crippen LogP) is 2.83. The summed E-state index contributed by atoms with van der Waals surface area (Å²) in [5.41, 5.74) is -0.480. The number of piperazine rings is 1. The molecule has 1 saturated heterocycles. The maximum absolute atomic E-state index is 12.2. The first-order chi connectivity index (χ1) is 10.8. The Hall–Kier alpha value is -1.46. The lowest BCUT2D eigenvalue weighted by atomic mass is 10.0. The molecule has 132 valence electrons. The van der Waals surface area contributed by atoms with Crippen molar-refractivity contribution in [3.8, 4) is 0 Å². The zero-order valence-corrected chi connectivity index (χ0v) is 14.8. The molecule has 0 aromatic rings. The number of carbonyl (C=O) groups excluding carboxylic acids is 2. The highest BCUT2D eigenvalue weighted by Gasteiger charge is 2.27. The minimum Gasteiger partial charge on any atom is -0.444 e. The van der Waals surface area contributed by atoms with Crippen molar-refractivity contribution in [1.82, 2.24) is 15.1 Å². The summed E-state index contributed by atoms with van der Waals surface area (Å²) in [4.78, 5) is 27.6. The summed E-state index contributed by atoms with van der Waals surface area (Å²) in [6, 6.07) is -0.00756. The summed E-state index contributed by atoms with van der Waals surface area (Å²) in [5.74, 6) is 0.791. The van der Waals surface area contributed by atoms with E-state index in [1.54, 1.807) is 9.80 Å². The van der Waals surface area contributed by atoms with E-state index >= 15 is 0 Å². The molecule has 1 aliphatic carbocycles. The van der Waals surface area contributed by atoms with E-state index in [1.807, 2.05) is 20.8 Å². The summed E-state index contributed by atoms with van der Waals surface area (Å²) >= 11 is 0. The van der Waals surface area contributed by atoms with Gasteiger partial charge in [0.15, 0.2) is 0 Å². The van der Waals surface area contributed by atoms with Gasteiger partial charge in [0.25, 0.3) is 0 Å². The van der Waals surface area contributed by atoms with E-state index < -0.39 is 5.60 Å². The molecule has 0 spiro atoms. The van der Waals surface area contributed by atoms with Gasteiger partial charge < -0.3 is 19.9 Å². The number of ether oxygens (including phenoxy) is 1. The first-order valence-corrected chi connectivity index (χ1v) is 8.86. The number of nitrogens with one attached hydrogen (secondary N) is 1. The Bertz CT molecular complexity index is 406. The van der Waals surface area contributed by atoms with E-state index in [1.165, 1.54) is 25.7 Å². The van der Waals surface area contributed by atoms with E-state index in [4.69, 9.17) is 4.74 Å². The molecule has 2 rings (SSSR count). The number of urea groups is 1. The molecule has 0 radical (unpaired) electrons. The fraction of sp³-hybridized carbons (Fsp3) is 0.882. The highest BCUT2D eigenvalue weighted by molar-refractivity contribution is 5.75. The Balaban J connectivity index is 1.65. The van der Waals surface area contributed by atoms with Crippen LogP contribution in [-0.4, -0.2) is 60.2 Å². The van der Waals surface area contributed by atoms with Gasteiger partial charge in [0.1, 0.15) is 5.60 Å². The Kier molecular flexibility index (Phi) is 6.13. The summed E-state index contributed by atoms with van der Waals surface area (Å²) in [7, 11) is 0. The second kappa shape index (κ2) is 7.88. The Morgan fingerprint density at radius 1 is 1.04 bits per heavy atom. The van der Waals surface area contributed by atoms with Crippen molar-refractivity contribution in [2.24, 2.45) is 5.92 Å². The lowest BCUT2D eigenvalue weighted by molar-refractivity contribution is 0.0170. The lowest BCUT2D eigenvalue weighted by Gasteiger charge is -2.35. The summed E-state index contributed by atoms with van der Waals surface area (Å²) in [6.45, 7) is 8.53. The molecule has 6 nitrogen and oxygen atoms in total. The largest absolute Gasteiger partial charge is 0.444 e. The molecule has 23 heavy (non-hydrogen) atoms. The molecule has 2 aliphatic rings. The van der Waals surface area contributed by atoms with E-state index in [0.717, 1.165) is 18.9 Å². The normalized spacial score (nSPS) is 19.8. The molecule has 0 bridgehead atoms. The third-order valence-corrected chi connectivity index (χ3v) is 4.52. The van der Waals surface area contributed by atoms with Crippen molar-refractivity contribution >= 4 is 12.1 Å². The minimum absolute atomic E-state index is 0.00756. The van der Waals surface area contributed by atoms with Crippen molar-refractivity contribution in [3.05, 3.63) is 0 Å². The molecular formula is C17H31N3O3. The van der Waals surface area contributed by atoms with E-state index in [-0.39, 0.29) is 12.1 Å². The van der Waals surface area contributed by atoms with Crippen LogP contribution in [-0.2, 0) is 4.74 Å². The van der Waals surface area contributed by atoms with Gasteiger partial charge in [-0.15, -0.1) is 0 Å². The van der Waals surface area contributed by atoms with Gasteiger partial charge in [0.05, 0.1) is 0 Å². The number of carbonyl (C=O) groups is 2. The standard InChI is InChI=1S/C17H31N3O3/c1-17(2,3)23-16(22)20-12-10-19(11-13-20)15(21)18-9-8-14-6-4-5-7-14/h14H,4-13H2,1-3H3,(H,18,21). The van der Waals surface area contributed by atoms with Crippen LogP contribution < -0.4 is 5.32 Å². The highest BCUT2D eigenvalue weighted by Crippen LogP contribution is 2.26. The molecule has 0 aromatic carbocycles. The van der Waals surface area contributed by atoms with Crippen LogP contribution in [0.3, 0.4) is 0 Å². The second-order valence-electron chi connectivity index (χ2n) is 7.63. The number of hydrogen-bond acceptors (Lipinski definition) is 3. The second-order valence-corrected chi connectivity index (χ2v) is 7.63. The fourth-order valence-electron chi connectivity index (χ4n) is 3.21. The van der Waals surface area contributed by atoms with E-state index in [0.29, 0.717) is 26.2 Å². The van der Waals surface area contributed by atoms with Crippen molar-refractivity contribution in [1.29, 1.82) is 0 Å². The zero-order valence-electron chi connectivity index (χ0n) is 14.8. The third-order valence-electron chi connectivity index (χ3n) is 4.52. The molecule has 3 amide bonds. The van der Waals surface area contributed by atoms with Gasteiger partial charge in [-0.1, -0.05) is 25.7 Å². The number of rotatable bonds is 3. The van der Waals surface area contributed by atoms with Crippen molar-refractivity contribution in [2.75, 3.05) is 32.7 Å². The average molecular weight is 325 g/mol. The molecule has 1 aliphatic heterocycles. The van der Waals surface area contributed by atoms with Crippen LogP contribution in [0.1, 0.15) is 52.9 Å². The molecule has 1 N–H and O–H groups in total. The molecule has 0 atom stereocenters. The van der Waals surface area contributed by atoms with Gasteiger partial charge in [0.2, 0.25) is 0 Å². The van der Waals surface area contributed by atoms with Crippen molar-refractivity contribution < 1.29 is 14.3 Å². The van der Waals surface area contributed by atoms with Crippen LogP contribution >= 0.6 is 0 Å². The fourth-order valence-corrected chi connectivity index (χ4v) is 3.21. The van der Waals surface area contributed by atoms with Crippen molar-refractivity contribution in [2.45, 2.75) is 58.5 Å². The van der Waals surface area contributed by atoms with Crippen molar-refractivity contribution in [3.63, 3.8) is 0 Å². The molecular weight excluding hydrogens is 294 g/mol. The van der Waals surface area contributed by atoms with Crippen LogP contribution in [0.15, 0.2) is 0 Å². The Morgan fingerprint density at radius 2 is 1.61 bits per heavy atom. The third kappa shape index (κ3) is 5.92. The van der Waals surface area contributed by atoms with Crippen LogP contribution in [0.5, 0.6) is 0 Å². The van der Waals surface area contributed by atoms with E-state index in [2.05, 4.69) is 5.32 Å². The molecule has 0 unspecified atom stereocenters. The Labute approximate surface area is 139 Å². The topological polar surface area (TPSA) is 61.9 Å². The number of hydrogen-bond donors (Lipinski definition) is 1. The monoisotopic (exact) mass is 325 g/mol. The van der Waals surface area contributed by atoms with Gasteiger partial charge in [-0.05, 0) is 33.1 Å². The first-order valence-electron chi connectivity index (χ1n) is 8.86. The number of amides is 3. The highest BCUT2D eigenvalue weighted by atomic mass is 16.6. The van der Waals surface area contributed by atoms with Crippen LogP contribution in [0.4, 0.5) is 9.59 Å². The molecule has 1 saturated carbocycles. The van der Waals surface area contributed by atoms with Crippen LogP contribution in [0, 0.1) is 5.92 Å². The van der Waals surface area contributed by atoms with Crippen LogP contribution in [0.2, 0.25) is 0 Å². The first kappa shape index (κ1) is 17.9. The predicted molar refractivity (Wildman–Crippen MR) is 89.4 cm³/mol. The smallest absolute Gasteiger partial charge is 0.410 e. The SMILES string of the molecule is CC(C)(C)OC(=O)N1CCN(C(=O)NCCC2CCCC2)CC1. The number of nitrogens with zero attached hydrogens (tertiary/aromatic N) is 2. The molecule has 2 fully saturated rings. The summed E-state index contributed by atoms with van der Waals surface area (Å²) < 4.78 is 5.36. The summed E-state index contributed by atoms with van der Waals surface area (Å²) in [5, 5.41) is 3.01. The molecule has 6 heteroatoms. The van der Waals surface area contributed by atoms with Crippen LogP contribution in [0.25, 0.3) is 0 Å². The molecule has 0 aromatic heterocycles. The van der Waals surface area contributed by atoms with Gasteiger partial charge in [-0.3, -0.25) is 0 Å². The van der Waals surface area contributed by atoms with Gasteiger partial charge >= 0.3 is 12.1 Å². The lowest BCUT2D eigenvalue weighted by Crippen LogP contribution is -2.54. The maximum atomic E-state index is 12.2. The average Bonchev–Trinajstić information content (AvgIpc) is 2.99. The maximum Gasteiger partial charge on any atom is 0.410 e. The van der Waals surface area contributed by atoms with Gasteiger partial charge in [-0.2, -0.15) is 0 Å². The molecule has 1 heterocycles. The van der Waals surface area contributed by atoms with Gasteiger partial charge in [-0.25, -0.2) is 9.59 Å². The zero-order chi connectivity index (χ0) is 16.9. The van der Waals surface area contributed by atoms with E-state index in [9.17, 15) is 9.59 Å². The minimum atomic E-state index is -0.480. The quantitative estimate of drug-likeness (QED) is 0.868. The summed E-state index contributed by atoms with van der Waals surface area (Å²) in [6.07, 6.45) is 6.09. The Morgan fingerprint density at radius 3 is 2.17 bits per heavy atom.